The van der Waals surface area contributed by atoms with Gasteiger partial charge < -0.3 is 5.73 Å². The van der Waals surface area contributed by atoms with Crippen LogP contribution >= 0.6 is 9.24 Å². The topological polar surface area (TPSA) is 26.0 Å². The highest BCUT2D eigenvalue weighted by Gasteiger charge is 1.93. The Morgan fingerprint density at radius 3 is 2.43 bits per heavy atom. The lowest BCUT2D eigenvalue weighted by atomic mass is 10.2. The van der Waals surface area contributed by atoms with E-state index in [0.29, 0.717) is 5.66 Å². The Morgan fingerprint density at radius 1 is 1.71 bits per heavy atom. The third-order valence-electron chi connectivity index (χ3n) is 0.962. The van der Waals surface area contributed by atoms with Gasteiger partial charge in [-0.25, -0.2) is 0 Å². The molecule has 0 aromatic heterocycles. The van der Waals surface area contributed by atoms with Crippen molar-refractivity contribution in [3.8, 4) is 0 Å². The Morgan fingerprint density at radius 2 is 2.29 bits per heavy atom. The van der Waals surface area contributed by atoms with Gasteiger partial charge >= 0.3 is 0 Å². The van der Waals surface area contributed by atoms with Crippen LogP contribution < -0.4 is 5.73 Å². The molecule has 0 saturated heterocycles. The van der Waals surface area contributed by atoms with Crippen molar-refractivity contribution in [2.24, 2.45) is 5.73 Å². The molecule has 0 saturated carbocycles. The first-order chi connectivity index (χ1) is 3.31. The molecule has 0 aliphatic carbocycles. The molecule has 0 fully saturated rings. The van der Waals surface area contributed by atoms with Gasteiger partial charge in [-0.1, -0.05) is 13.3 Å². The van der Waals surface area contributed by atoms with Gasteiger partial charge in [-0.3, -0.25) is 0 Å². The molecular weight excluding hydrogens is 105 g/mol. The lowest BCUT2D eigenvalue weighted by molar-refractivity contribution is 0.744. The lowest BCUT2D eigenvalue weighted by Gasteiger charge is -2.02. The van der Waals surface area contributed by atoms with Gasteiger partial charge in [0.15, 0.2) is 0 Å². The van der Waals surface area contributed by atoms with Crippen LogP contribution in [0.25, 0.3) is 0 Å². The van der Waals surface area contributed by atoms with E-state index in [4.69, 9.17) is 5.73 Å². The fraction of sp³-hybridized carbons (Fsp3) is 1.00. The quantitative estimate of drug-likeness (QED) is 0.551. The molecule has 0 heterocycles. The zero-order chi connectivity index (χ0) is 5.70. The summed E-state index contributed by atoms with van der Waals surface area (Å²) >= 11 is 0. The standard InChI is InChI=1S/C5H14NP/c1-2-3-5(7)4-6/h5H,2-4,6-7H2,1H3. The van der Waals surface area contributed by atoms with Crippen molar-refractivity contribution in [2.45, 2.75) is 25.4 Å². The summed E-state index contributed by atoms with van der Waals surface area (Å²) in [6.07, 6.45) is 2.48. The van der Waals surface area contributed by atoms with E-state index in [-0.39, 0.29) is 0 Å². The second-order valence-corrected chi connectivity index (χ2v) is 2.73. The monoisotopic (exact) mass is 119 g/mol. The maximum atomic E-state index is 5.34. The van der Waals surface area contributed by atoms with Crippen molar-refractivity contribution in [1.82, 2.24) is 0 Å². The number of rotatable bonds is 3. The number of hydrogen-bond acceptors (Lipinski definition) is 1. The van der Waals surface area contributed by atoms with Crippen molar-refractivity contribution >= 4 is 9.24 Å². The van der Waals surface area contributed by atoms with E-state index >= 15 is 0 Å². The average molecular weight is 119 g/mol. The largest absolute Gasteiger partial charge is 0.330 e. The summed E-state index contributed by atoms with van der Waals surface area (Å²) in [5.74, 6) is 0. The van der Waals surface area contributed by atoms with Crippen molar-refractivity contribution in [3.05, 3.63) is 0 Å². The first-order valence-corrected chi connectivity index (χ1v) is 3.43. The summed E-state index contributed by atoms with van der Waals surface area (Å²) in [7, 11) is 2.73. The van der Waals surface area contributed by atoms with Crippen molar-refractivity contribution in [1.29, 1.82) is 0 Å². The van der Waals surface area contributed by atoms with Gasteiger partial charge in [-0.05, 0) is 18.6 Å². The second-order valence-electron chi connectivity index (χ2n) is 1.78. The van der Waals surface area contributed by atoms with Crippen LogP contribution in [0.2, 0.25) is 0 Å². The summed E-state index contributed by atoms with van der Waals surface area (Å²) in [5, 5.41) is 0. The van der Waals surface area contributed by atoms with Crippen LogP contribution in [0.4, 0.5) is 0 Å². The van der Waals surface area contributed by atoms with Gasteiger partial charge in [-0.15, -0.1) is 9.24 Å². The van der Waals surface area contributed by atoms with Crippen LogP contribution in [-0.4, -0.2) is 12.2 Å². The Bertz CT molecular complexity index is 39.1. The molecule has 0 aliphatic heterocycles. The maximum absolute atomic E-state index is 5.34. The summed E-state index contributed by atoms with van der Waals surface area (Å²) < 4.78 is 0. The SMILES string of the molecule is CCCC(P)CN. The molecule has 2 heteroatoms. The van der Waals surface area contributed by atoms with Gasteiger partial charge in [0.2, 0.25) is 0 Å². The molecule has 0 radical (unpaired) electrons. The highest BCUT2D eigenvalue weighted by atomic mass is 31.0. The second kappa shape index (κ2) is 4.55. The molecule has 2 N–H and O–H groups in total. The van der Waals surface area contributed by atoms with E-state index in [0.717, 1.165) is 6.54 Å². The zero-order valence-corrected chi connectivity index (χ0v) is 6.01. The summed E-state index contributed by atoms with van der Waals surface area (Å²) in [4.78, 5) is 0. The maximum Gasteiger partial charge on any atom is -0.00142 e. The van der Waals surface area contributed by atoms with Gasteiger partial charge in [-0.2, -0.15) is 0 Å². The van der Waals surface area contributed by atoms with Gasteiger partial charge in [0.05, 0.1) is 0 Å². The predicted octanol–water partition coefficient (Wildman–Crippen LogP) is 0.989. The molecule has 0 bridgehead atoms. The molecule has 2 unspecified atom stereocenters. The summed E-state index contributed by atoms with van der Waals surface area (Å²) in [5.41, 5.74) is 5.98. The van der Waals surface area contributed by atoms with Crippen LogP contribution in [0.15, 0.2) is 0 Å². The molecule has 0 aromatic rings. The Kier molecular flexibility index (Phi) is 4.80. The molecule has 0 amide bonds. The molecular formula is C5H14NP. The summed E-state index contributed by atoms with van der Waals surface area (Å²) in [6.45, 7) is 2.98. The predicted molar refractivity (Wildman–Crippen MR) is 37.5 cm³/mol. The third-order valence-corrected chi connectivity index (χ3v) is 1.57. The minimum atomic E-state index is 0.644. The molecule has 1 nitrogen and oxygen atoms in total. The molecule has 44 valence electrons. The fourth-order valence-electron chi connectivity index (χ4n) is 0.489. The molecule has 0 aromatic carbocycles. The Hall–Kier alpha value is 0.390. The lowest BCUT2D eigenvalue weighted by Crippen LogP contribution is -2.12. The first kappa shape index (κ1) is 7.39. The average Bonchev–Trinajstić information content (AvgIpc) is 1.68. The van der Waals surface area contributed by atoms with Gasteiger partial charge in [0.25, 0.3) is 0 Å². The van der Waals surface area contributed by atoms with E-state index in [1.54, 1.807) is 0 Å². The Labute approximate surface area is 47.9 Å². The van der Waals surface area contributed by atoms with Crippen LogP contribution in [0.1, 0.15) is 19.8 Å². The van der Waals surface area contributed by atoms with E-state index in [9.17, 15) is 0 Å². The van der Waals surface area contributed by atoms with E-state index in [2.05, 4.69) is 16.2 Å². The molecule has 2 atom stereocenters. The highest BCUT2D eigenvalue weighted by molar-refractivity contribution is 7.17. The molecule has 0 rings (SSSR count). The Balaban J connectivity index is 2.83. The highest BCUT2D eigenvalue weighted by Crippen LogP contribution is 2.04. The van der Waals surface area contributed by atoms with Crippen LogP contribution in [-0.2, 0) is 0 Å². The number of nitrogens with two attached hydrogens (primary N) is 1. The minimum absolute atomic E-state index is 0.644. The minimum Gasteiger partial charge on any atom is -0.330 e. The molecule has 0 aliphatic rings. The molecule has 0 spiro atoms. The summed E-state index contributed by atoms with van der Waals surface area (Å²) in [6, 6.07) is 0. The van der Waals surface area contributed by atoms with Gasteiger partial charge in [0.1, 0.15) is 0 Å². The van der Waals surface area contributed by atoms with Crippen molar-refractivity contribution in [3.63, 3.8) is 0 Å². The van der Waals surface area contributed by atoms with E-state index in [1.165, 1.54) is 12.8 Å². The van der Waals surface area contributed by atoms with Crippen LogP contribution in [0.3, 0.4) is 0 Å². The first-order valence-electron chi connectivity index (χ1n) is 2.77. The van der Waals surface area contributed by atoms with Crippen molar-refractivity contribution < 1.29 is 0 Å². The van der Waals surface area contributed by atoms with E-state index < -0.39 is 0 Å². The smallest absolute Gasteiger partial charge is 0.00142 e. The normalized spacial score (nSPS) is 14.1. The van der Waals surface area contributed by atoms with Crippen LogP contribution in [0.5, 0.6) is 0 Å². The third kappa shape index (κ3) is 4.24. The fourth-order valence-corrected chi connectivity index (χ4v) is 0.822. The van der Waals surface area contributed by atoms with Crippen molar-refractivity contribution in [2.75, 3.05) is 6.54 Å². The van der Waals surface area contributed by atoms with Crippen LogP contribution in [0, 0.1) is 0 Å². The van der Waals surface area contributed by atoms with E-state index in [1.807, 2.05) is 0 Å². The zero-order valence-electron chi connectivity index (χ0n) is 4.85. The molecule has 7 heavy (non-hydrogen) atoms. The van der Waals surface area contributed by atoms with Gasteiger partial charge in [0, 0.05) is 0 Å². The number of hydrogen-bond donors (Lipinski definition) is 1.